The summed E-state index contributed by atoms with van der Waals surface area (Å²) in [5.41, 5.74) is 1.06. The van der Waals surface area contributed by atoms with Gasteiger partial charge in [0, 0.05) is 10.0 Å². The molecule has 0 saturated carbocycles. The molecule has 0 N–H and O–H groups in total. The molecule has 0 unspecified atom stereocenters. The average Bonchev–Trinajstić information content (AvgIpc) is 2.57. The number of hydrogen-bond acceptors (Lipinski definition) is 2. The Bertz CT molecular complexity index is 554. The smallest absolute Gasteiger partial charge is 0.203 e. The summed E-state index contributed by atoms with van der Waals surface area (Å²) in [6.07, 6.45) is 0. The van der Waals surface area contributed by atoms with Gasteiger partial charge in [0.15, 0.2) is 0 Å². The molecule has 1 aromatic carbocycles. The van der Waals surface area contributed by atoms with Crippen molar-refractivity contribution in [2.45, 2.75) is 6.92 Å². The first-order valence-corrected chi connectivity index (χ1v) is 6.73. The van der Waals surface area contributed by atoms with Crippen LogP contribution in [0.2, 0.25) is 4.34 Å². The van der Waals surface area contributed by atoms with Crippen LogP contribution in [0.5, 0.6) is 0 Å². The van der Waals surface area contributed by atoms with Gasteiger partial charge in [-0.25, -0.2) is 4.39 Å². The van der Waals surface area contributed by atoms with E-state index in [2.05, 4.69) is 15.9 Å². The fourth-order valence-electron chi connectivity index (χ4n) is 1.47. The van der Waals surface area contributed by atoms with Crippen molar-refractivity contribution >= 4 is 44.7 Å². The topological polar surface area (TPSA) is 17.1 Å². The minimum Gasteiger partial charge on any atom is -0.288 e. The molecule has 1 heterocycles. The lowest BCUT2D eigenvalue weighted by Gasteiger charge is -2.00. The molecule has 5 heteroatoms. The summed E-state index contributed by atoms with van der Waals surface area (Å²) in [7, 11) is 0. The van der Waals surface area contributed by atoms with Gasteiger partial charge in [-0.1, -0.05) is 11.6 Å². The highest BCUT2D eigenvalue weighted by molar-refractivity contribution is 9.10. The molecule has 2 aromatic rings. The minimum absolute atomic E-state index is 0.217. The molecule has 0 radical (unpaired) electrons. The number of rotatable bonds is 2. The first-order valence-electron chi connectivity index (χ1n) is 4.74. The lowest BCUT2D eigenvalue weighted by Crippen LogP contribution is -1.99. The Hall–Kier alpha value is -0.710. The second-order valence-corrected chi connectivity index (χ2v) is 6.09. The normalized spacial score (nSPS) is 10.6. The second-order valence-electron chi connectivity index (χ2n) is 3.58. The molecule has 0 aliphatic rings. The quantitative estimate of drug-likeness (QED) is 0.719. The van der Waals surface area contributed by atoms with Gasteiger partial charge in [-0.05, 0) is 52.7 Å². The standard InChI is InChI=1S/C12H7BrClFOS/c1-6-2-7(4-8(15)3-6)11(16)10-5-9(13)12(14)17-10/h2-5H,1H3. The molecule has 0 atom stereocenters. The zero-order valence-electron chi connectivity index (χ0n) is 8.76. The van der Waals surface area contributed by atoms with Crippen molar-refractivity contribution in [3.05, 3.63) is 54.9 Å². The maximum absolute atomic E-state index is 13.2. The Morgan fingerprint density at radius 3 is 2.59 bits per heavy atom. The lowest BCUT2D eigenvalue weighted by atomic mass is 10.1. The van der Waals surface area contributed by atoms with E-state index in [1.54, 1.807) is 19.1 Å². The van der Waals surface area contributed by atoms with E-state index in [1.807, 2.05) is 0 Å². The van der Waals surface area contributed by atoms with Crippen molar-refractivity contribution in [3.8, 4) is 0 Å². The molecule has 1 aromatic heterocycles. The number of thiophene rings is 1. The van der Waals surface area contributed by atoms with Crippen LogP contribution >= 0.6 is 38.9 Å². The number of ketones is 1. The van der Waals surface area contributed by atoms with E-state index in [-0.39, 0.29) is 5.78 Å². The van der Waals surface area contributed by atoms with Gasteiger partial charge in [-0.3, -0.25) is 4.79 Å². The second kappa shape index (κ2) is 4.88. The van der Waals surface area contributed by atoms with E-state index >= 15 is 0 Å². The van der Waals surface area contributed by atoms with E-state index < -0.39 is 5.82 Å². The van der Waals surface area contributed by atoms with E-state index in [9.17, 15) is 9.18 Å². The monoisotopic (exact) mass is 332 g/mol. The fourth-order valence-corrected chi connectivity index (χ4v) is 3.13. The van der Waals surface area contributed by atoms with Gasteiger partial charge in [-0.2, -0.15) is 0 Å². The largest absolute Gasteiger partial charge is 0.288 e. The van der Waals surface area contributed by atoms with Gasteiger partial charge in [-0.15, -0.1) is 11.3 Å². The Morgan fingerprint density at radius 2 is 2.06 bits per heavy atom. The molecule has 0 saturated heterocycles. The maximum Gasteiger partial charge on any atom is 0.203 e. The van der Waals surface area contributed by atoms with Crippen LogP contribution in [0.25, 0.3) is 0 Å². The fraction of sp³-hybridized carbons (Fsp3) is 0.0833. The Labute approximate surface area is 115 Å². The van der Waals surface area contributed by atoms with Crippen molar-refractivity contribution in [2.24, 2.45) is 0 Å². The number of halogens is 3. The summed E-state index contributed by atoms with van der Waals surface area (Å²) < 4.78 is 14.4. The zero-order valence-corrected chi connectivity index (χ0v) is 11.9. The lowest BCUT2D eigenvalue weighted by molar-refractivity contribution is 0.104. The van der Waals surface area contributed by atoms with Gasteiger partial charge < -0.3 is 0 Å². The van der Waals surface area contributed by atoms with Gasteiger partial charge in [0.2, 0.25) is 5.78 Å². The summed E-state index contributed by atoms with van der Waals surface area (Å²) >= 11 is 10.3. The van der Waals surface area contributed by atoms with Crippen LogP contribution in [0, 0.1) is 12.7 Å². The van der Waals surface area contributed by atoms with Crippen LogP contribution in [0.3, 0.4) is 0 Å². The van der Waals surface area contributed by atoms with Crippen molar-refractivity contribution in [1.82, 2.24) is 0 Å². The number of hydrogen-bond donors (Lipinski definition) is 0. The third-order valence-corrected chi connectivity index (χ3v) is 4.65. The van der Waals surface area contributed by atoms with E-state index in [0.29, 0.717) is 19.2 Å². The van der Waals surface area contributed by atoms with E-state index in [1.165, 1.54) is 23.5 Å². The third kappa shape index (κ3) is 2.76. The molecule has 0 fully saturated rings. The van der Waals surface area contributed by atoms with Gasteiger partial charge in [0.1, 0.15) is 10.2 Å². The van der Waals surface area contributed by atoms with Gasteiger partial charge >= 0.3 is 0 Å². The zero-order chi connectivity index (χ0) is 12.6. The van der Waals surface area contributed by atoms with Crippen molar-refractivity contribution in [3.63, 3.8) is 0 Å². The van der Waals surface area contributed by atoms with Crippen molar-refractivity contribution < 1.29 is 9.18 Å². The van der Waals surface area contributed by atoms with E-state index in [4.69, 9.17) is 11.6 Å². The number of carbonyl (C=O) groups excluding carboxylic acids is 1. The molecular weight excluding hydrogens is 327 g/mol. The SMILES string of the molecule is Cc1cc(F)cc(C(=O)c2cc(Br)c(Cl)s2)c1. The maximum atomic E-state index is 13.2. The number of benzene rings is 1. The minimum atomic E-state index is -0.407. The molecule has 1 nitrogen and oxygen atoms in total. The third-order valence-electron chi connectivity index (χ3n) is 2.17. The molecule has 0 bridgehead atoms. The summed E-state index contributed by atoms with van der Waals surface area (Å²) in [5.74, 6) is -0.625. The number of aryl methyl sites for hydroxylation is 1. The highest BCUT2D eigenvalue weighted by Gasteiger charge is 2.15. The van der Waals surface area contributed by atoms with E-state index in [0.717, 1.165) is 5.56 Å². The van der Waals surface area contributed by atoms with Crippen LogP contribution in [-0.2, 0) is 0 Å². The van der Waals surface area contributed by atoms with Crippen molar-refractivity contribution in [1.29, 1.82) is 0 Å². The molecular formula is C12H7BrClFOS. The van der Waals surface area contributed by atoms with Crippen molar-refractivity contribution in [2.75, 3.05) is 0 Å². The Morgan fingerprint density at radius 1 is 1.35 bits per heavy atom. The van der Waals surface area contributed by atoms with Crippen LogP contribution in [0.15, 0.2) is 28.7 Å². The Balaban J connectivity index is 2.43. The number of carbonyl (C=O) groups is 1. The first-order chi connectivity index (χ1) is 7.97. The molecule has 0 amide bonds. The summed E-state index contributed by atoms with van der Waals surface area (Å²) in [6.45, 7) is 1.75. The highest BCUT2D eigenvalue weighted by atomic mass is 79.9. The van der Waals surface area contributed by atoms with Gasteiger partial charge in [0.25, 0.3) is 0 Å². The summed E-state index contributed by atoms with van der Waals surface area (Å²) in [4.78, 5) is 12.6. The predicted molar refractivity (Wildman–Crippen MR) is 71.6 cm³/mol. The van der Waals surface area contributed by atoms with Crippen LogP contribution in [-0.4, -0.2) is 5.78 Å². The molecule has 0 spiro atoms. The molecule has 0 aliphatic heterocycles. The highest BCUT2D eigenvalue weighted by Crippen LogP contribution is 2.33. The molecule has 0 aliphatic carbocycles. The molecule has 17 heavy (non-hydrogen) atoms. The molecule has 88 valence electrons. The predicted octanol–water partition coefficient (Wildman–Crippen LogP) is 4.84. The van der Waals surface area contributed by atoms with Crippen LogP contribution < -0.4 is 0 Å². The summed E-state index contributed by atoms with van der Waals surface area (Å²) in [6, 6.07) is 5.92. The molecule has 2 rings (SSSR count). The van der Waals surface area contributed by atoms with Crippen LogP contribution in [0.4, 0.5) is 4.39 Å². The summed E-state index contributed by atoms with van der Waals surface area (Å²) in [5, 5.41) is 0. The van der Waals surface area contributed by atoms with Crippen LogP contribution in [0.1, 0.15) is 20.8 Å². The first kappa shape index (κ1) is 12.7. The van der Waals surface area contributed by atoms with Gasteiger partial charge in [0.05, 0.1) is 4.88 Å². The Kier molecular flexibility index (Phi) is 3.66. The average molecular weight is 334 g/mol.